The van der Waals surface area contributed by atoms with Crippen LogP contribution in [0.5, 0.6) is 0 Å². The van der Waals surface area contributed by atoms with Crippen molar-refractivity contribution >= 4 is 11.9 Å². The zero-order valence-electron chi connectivity index (χ0n) is 12.9. The summed E-state index contributed by atoms with van der Waals surface area (Å²) >= 11 is 0. The van der Waals surface area contributed by atoms with Crippen LogP contribution in [0, 0.1) is 11.8 Å². The van der Waals surface area contributed by atoms with Gasteiger partial charge in [-0.2, -0.15) is 0 Å². The highest BCUT2D eigenvalue weighted by atomic mass is 16.5. The minimum Gasteiger partial charge on any atom is -0.469 e. The lowest BCUT2D eigenvalue weighted by Gasteiger charge is -2.24. The molecule has 2 aliphatic rings. The standard InChI is InChI=1S/C17H23NO4/c1-21-17(20)11-6-3-2-4-7-14(11)18-16(19)13-10-12(13)15-8-5-9-22-15/h5,8-9,11-14H,2-4,6-7,10H2,1H3,(H,18,19)/t11-,12+,13+,14+/m1/s1. The van der Waals surface area contributed by atoms with Gasteiger partial charge in [0.25, 0.3) is 0 Å². The molecular formula is C17H23NO4. The summed E-state index contributed by atoms with van der Waals surface area (Å²) < 4.78 is 10.3. The van der Waals surface area contributed by atoms with Gasteiger partial charge in [-0.3, -0.25) is 9.59 Å². The summed E-state index contributed by atoms with van der Waals surface area (Å²) in [6.07, 6.45) is 7.29. The number of hydrogen-bond donors (Lipinski definition) is 1. The van der Waals surface area contributed by atoms with Gasteiger partial charge in [0.2, 0.25) is 5.91 Å². The average Bonchev–Trinajstić information content (AvgIpc) is 3.21. The van der Waals surface area contributed by atoms with Crippen LogP contribution in [-0.4, -0.2) is 25.0 Å². The second-order valence-corrected chi connectivity index (χ2v) is 6.35. The summed E-state index contributed by atoms with van der Waals surface area (Å²) in [5, 5.41) is 3.10. The molecule has 0 radical (unpaired) electrons. The minimum atomic E-state index is -0.211. The number of ether oxygens (including phenoxy) is 1. The summed E-state index contributed by atoms with van der Waals surface area (Å²) in [5.74, 6) is 0.681. The fraction of sp³-hybridized carbons (Fsp3) is 0.647. The van der Waals surface area contributed by atoms with Crippen LogP contribution in [0.2, 0.25) is 0 Å². The SMILES string of the molecule is COC(=O)[C@@H]1CCCCC[C@@H]1NC(=O)[C@H]1C[C@@H]1c1ccco1. The first-order chi connectivity index (χ1) is 10.7. The van der Waals surface area contributed by atoms with Gasteiger partial charge in [-0.25, -0.2) is 0 Å². The molecule has 0 spiro atoms. The Morgan fingerprint density at radius 2 is 2.05 bits per heavy atom. The number of carbonyl (C=O) groups is 2. The van der Waals surface area contributed by atoms with Crippen molar-refractivity contribution in [3.05, 3.63) is 24.2 Å². The van der Waals surface area contributed by atoms with Crippen LogP contribution in [0.15, 0.2) is 22.8 Å². The molecule has 5 heteroatoms. The molecule has 2 saturated carbocycles. The summed E-state index contributed by atoms with van der Waals surface area (Å²) in [6.45, 7) is 0. The number of methoxy groups -OCH3 is 1. The Balaban J connectivity index is 1.60. The van der Waals surface area contributed by atoms with Crippen molar-refractivity contribution in [3.8, 4) is 0 Å². The third-order valence-electron chi connectivity index (χ3n) is 4.88. The van der Waals surface area contributed by atoms with Crippen molar-refractivity contribution in [2.75, 3.05) is 7.11 Å². The Bertz CT molecular complexity index is 525. The third kappa shape index (κ3) is 3.18. The molecule has 1 aromatic rings. The Hall–Kier alpha value is -1.78. The van der Waals surface area contributed by atoms with Crippen LogP contribution in [0.3, 0.4) is 0 Å². The summed E-state index contributed by atoms with van der Waals surface area (Å²) in [7, 11) is 1.42. The first-order valence-electron chi connectivity index (χ1n) is 8.12. The minimum absolute atomic E-state index is 0.0206. The lowest BCUT2D eigenvalue weighted by Crippen LogP contribution is -2.44. The molecule has 0 unspecified atom stereocenters. The van der Waals surface area contributed by atoms with E-state index >= 15 is 0 Å². The normalized spacial score (nSPS) is 31.1. The lowest BCUT2D eigenvalue weighted by atomic mass is 9.94. The van der Waals surface area contributed by atoms with Crippen molar-refractivity contribution in [2.45, 2.75) is 50.5 Å². The van der Waals surface area contributed by atoms with Crippen LogP contribution in [0.25, 0.3) is 0 Å². The predicted octanol–water partition coefficient (Wildman–Crippen LogP) is 2.62. The van der Waals surface area contributed by atoms with Crippen LogP contribution in [-0.2, 0) is 14.3 Å². The molecule has 2 aliphatic carbocycles. The van der Waals surface area contributed by atoms with Gasteiger partial charge in [0, 0.05) is 17.9 Å². The van der Waals surface area contributed by atoms with E-state index in [1.54, 1.807) is 6.26 Å². The number of furan rings is 1. The highest BCUT2D eigenvalue weighted by Gasteiger charge is 2.47. The van der Waals surface area contributed by atoms with Gasteiger partial charge in [-0.15, -0.1) is 0 Å². The second kappa shape index (κ2) is 6.55. The van der Waals surface area contributed by atoms with E-state index in [4.69, 9.17) is 9.15 Å². The molecular weight excluding hydrogens is 282 g/mol. The van der Waals surface area contributed by atoms with Crippen LogP contribution in [0.1, 0.15) is 50.2 Å². The van der Waals surface area contributed by atoms with Crippen molar-refractivity contribution in [2.24, 2.45) is 11.8 Å². The van der Waals surface area contributed by atoms with Gasteiger partial charge >= 0.3 is 5.97 Å². The van der Waals surface area contributed by atoms with Crippen molar-refractivity contribution in [3.63, 3.8) is 0 Å². The highest BCUT2D eigenvalue weighted by Crippen LogP contribution is 2.47. The van der Waals surface area contributed by atoms with Gasteiger partial charge in [0.15, 0.2) is 0 Å². The number of amides is 1. The molecule has 1 amide bonds. The van der Waals surface area contributed by atoms with E-state index in [-0.39, 0.29) is 35.7 Å². The molecule has 4 atom stereocenters. The van der Waals surface area contributed by atoms with E-state index in [2.05, 4.69) is 5.32 Å². The molecule has 120 valence electrons. The molecule has 5 nitrogen and oxygen atoms in total. The number of esters is 1. The third-order valence-corrected chi connectivity index (χ3v) is 4.88. The van der Waals surface area contributed by atoms with E-state index in [1.165, 1.54) is 7.11 Å². The zero-order valence-corrected chi connectivity index (χ0v) is 12.9. The number of rotatable bonds is 4. The quantitative estimate of drug-likeness (QED) is 0.686. The van der Waals surface area contributed by atoms with Gasteiger partial charge in [-0.05, 0) is 31.4 Å². The topological polar surface area (TPSA) is 68.5 Å². The van der Waals surface area contributed by atoms with Crippen LogP contribution < -0.4 is 5.32 Å². The Morgan fingerprint density at radius 3 is 2.77 bits per heavy atom. The molecule has 1 heterocycles. The first-order valence-corrected chi connectivity index (χ1v) is 8.12. The number of nitrogens with one attached hydrogen (secondary N) is 1. The summed E-state index contributed by atoms with van der Waals surface area (Å²) in [5.41, 5.74) is 0. The second-order valence-electron chi connectivity index (χ2n) is 6.35. The van der Waals surface area contributed by atoms with E-state index < -0.39 is 0 Å². The van der Waals surface area contributed by atoms with E-state index in [1.807, 2.05) is 12.1 Å². The van der Waals surface area contributed by atoms with Crippen molar-refractivity contribution in [1.82, 2.24) is 5.32 Å². The smallest absolute Gasteiger partial charge is 0.310 e. The Labute approximate surface area is 130 Å². The molecule has 1 N–H and O–H groups in total. The predicted molar refractivity (Wildman–Crippen MR) is 80.1 cm³/mol. The molecule has 3 rings (SSSR count). The molecule has 0 aliphatic heterocycles. The molecule has 22 heavy (non-hydrogen) atoms. The fourth-order valence-corrected chi connectivity index (χ4v) is 3.51. The van der Waals surface area contributed by atoms with Gasteiger partial charge < -0.3 is 14.5 Å². The Kier molecular flexibility index (Phi) is 4.50. The summed E-state index contributed by atoms with van der Waals surface area (Å²) in [4.78, 5) is 24.4. The summed E-state index contributed by atoms with van der Waals surface area (Å²) in [6, 6.07) is 3.67. The monoisotopic (exact) mass is 305 g/mol. The molecule has 2 fully saturated rings. The van der Waals surface area contributed by atoms with E-state index in [9.17, 15) is 9.59 Å². The Morgan fingerprint density at radius 1 is 1.23 bits per heavy atom. The number of carbonyl (C=O) groups excluding carboxylic acids is 2. The highest BCUT2D eigenvalue weighted by molar-refractivity contribution is 5.84. The number of hydrogen-bond acceptors (Lipinski definition) is 4. The maximum atomic E-state index is 12.4. The van der Waals surface area contributed by atoms with Gasteiger partial charge in [0.05, 0.1) is 19.3 Å². The fourth-order valence-electron chi connectivity index (χ4n) is 3.51. The maximum absolute atomic E-state index is 12.4. The molecule has 0 aromatic carbocycles. The first kappa shape index (κ1) is 15.1. The molecule has 1 aromatic heterocycles. The van der Waals surface area contributed by atoms with Gasteiger partial charge in [-0.1, -0.05) is 19.3 Å². The lowest BCUT2D eigenvalue weighted by molar-refractivity contribution is -0.147. The maximum Gasteiger partial charge on any atom is 0.310 e. The van der Waals surface area contributed by atoms with E-state index in [0.29, 0.717) is 0 Å². The largest absolute Gasteiger partial charge is 0.469 e. The van der Waals surface area contributed by atoms with Crippen molar-refractivity contribution < 1.29 is 18.7 Å². The van der Waals surface area contributed by atoms with Gasteiger partial charge in [0.1, 0.15) is 5.76 Å². The molecule has 0 saturated heterocycles. The van der Waals surface area contributed by atoms with Crippen LogP contribution >= 0.6 is 0 Å². The van der Waals surface area contributed by atoms with Crippen LogP contribution in [0.4, 0.5) is 0 Å². The zero-order chi connectivity index (χ0) is 15.5. The van der Waals surface area contributed by atoms with Crippen molar-refractivity contribution in [1.29, 1.82) is 0 Å². The molecule has 0 bridgehead atoms. The van der Waals surface area contributed by atoms with E-state index in [0.717, 1.165) is 44.3 Å². The average molecular weight is 305 g/mol.